The summed E-state index contributed by atoms with van der Waals surface area (Å²) in [6, 6.07) is 7.99. The van der Waals surface area contributed by atoms with Crippen molar-refractivity contribution in [3.05, 3.63) is 34.3 Å². The SMILES string of the molecule is O=CC(c1ccc(Br)cc1)C1CCCOC1. The Morgan fingerprint density at radius 3 is 2.69 bits per heavy atom. The molecule has 16 heavy (non-hydrogen) atoms. The van der Waals surface area contributed by atoms with Gasteiger partial charge in [0, 0.05) is 17.0 Å². The number of halogens is 1. The molecule has 0 bridgehead atoms. The number of rotatable bonds is 3. The number of hydrogen-bond acceptors (Lipinski definition) is 2. The highest BCUT2D eigenvalue weighted by Crippen LogP contribution is 2.29. The summed E-state index contributed by atoms with van der Waals surface area (Å²) in [7, 11) is 0. The molecule has 0 N–H and O–H groups in total. The van der Waals surface area contributed by atoms with E-state index in [-0.39, 0.29) is 5.92 Å². The lowest BCUT2D eigenvalue weighted by Gasteiger charge is -2.27. The molecule has 2 rings (SSSR count). The molecule has 1 fully saturated rings. The summed E-state index contributed by atoms with van der Waals surface area (Å²) < 4.78 is 6.48. The van der Waals surface area contributed by atoms with E-state index >= 15 is 0 Å². The van der Waals surface area contributed by atoms with E-state index < -0.39 is 0 Å². The van der Waals surface area contributed by atoms with Crippen LogP contribution in [0.5, 0.6) is 0 Å². The van der Waals surface area contributed by atoms with Crippen LogP contribution in [0, 0.1) is 5.92 Å². The maximum Gasteiger partial charge on any atom is 0.127 e. The average Bonchev–Trinajstić information content (AvgIpc) is 2.34. The minimum atomic E-state index is -0.0200. The van der Waals surface area contributed by atoms with Crippen LogP contribution in [0.15, 0.2) is 28.7 Å². The van der Waals surface area contributed by atoms with Gasteiger partial charge in [-0.25, -0.2) is 0 Å². The van der Waals surface area contributed by atoms with Crippen LogP contribution in [-0.2, 0) is 9.53 Å². The molecule has 2 nitrogen and oxygen atoms in total. The number of carbonyl (C=O) groups is 1. The number of aldehydes is 1. The van der Waals surface area contributed by atoms with Gasteiger partial charge in [0.2, 0.25) is 0 Å². The van der Waals surface area contributed by atoms with Crippen LogP contribution >= 0.6 is 15.9 Å². The Bertz CT molecular complexity index is 341. The van der Waals surface area contributed by atoms with Crippen LogP contribution in [0.3, 0.4) is 0 Å². The summed E-state index contributed by atoms with van der Waals surface area (Å²) >= 11 is 3.40. The summed E-state index contributed by atoms with van der Waals surface area (Å²) in [5.41, 5.74) is 1.09. The molecule has 3 heteroatoms. The molecule has 86 valence electrons. The zero-order valence-corrected chi connectivity index (χ0v) is 10.7. The van der Waals surface area contributed by atoms with Gasteiger partial charge in [0.1, 0.15) is 6.29 Å². The van der Waals surface area contributed by atoms with Crippen LogP contribution in [0.2, 0.25) is 0 Å². The van der Waals surface area contributed by atoms with Crippen molar-refractivity contribution < 1.29 is 9.53 Å². The Kier molecular flexibility index (Phi) is 4.13. The van der Waals surface area contributed by atoms with E-state index in [4.69, 9.17) is 4.74 Å². The minimum absolute atomic E-state index is 0.0200. The Morgan fingerprint density at radius 2 is 2.12 bits per heavy atom. The monoisotopic (exact) mass is 282 g/mol. The van der Waals surface area contributed by atoms with Crippen molar-refractivity contribution in [2.75, 3.05) is 13.2 Å². The van der Waals surface area contributed by atoms with Gasteiger partial charge in [0.25, 0.3) is 0 Å². The third kappa shape index (κ3) is 2.71. The molecule has 1 aromatic carbocycles. The maximum absolute atomic E-state index is 11.2. The third-order valence-electron chi connectivity index (χ3n) is 3.10. The quantitative estimate of drug-likeness (QED) is 0.796. The molecule has 0 saturated carbocycles. The molecule has 0 radical (unpaired) electrons. The van der Waals surface area contributed by atoms with E-state index in [1.165, 1.54) is 0 Å². The topological polar surface area (TPSA) is 26.3 Å². The third-order valence-corrected chi connectivity index (χ3v) is 3.63. The largest absolute Gasteiger partial charge is 0.381 e. The molecule has 2 unspecified atom stereocenters. The van der Waals surface area contributed by atoms with E-state index in [9.17, 15) is 4.79 Å². The van der Waals surface area contributed by atoms with Gasteiger partial charge in [-0.1, -0.05) is 28.1 Å². The van der Waals surface area contributed by atoms with Crippen LogP contribution in [0.1, 0.15) is 24.3 Å². The first kappa shape index (κ1) is 11.8. The Hall–Kier alpha value is -0.670. The van der Waals surface area contributed by atoms with Crippen molar-refractivity contribution in [2.24, 2.45) is 5.92 Å². The lowest BCUT2D eigenvalue weighted by molar-refractivity contribution is -0.111. The predicted molar refractivity (Wildman–Crippen MR) is 66.5 cm³/mol. The Morgan fingerprint density at radius 1 is 1.38 bits per heavy atom. The van der Waals surface area contributed by atoms with E-state index in [1.807, 2.05) is 24.3 Å². The van der Waals surface area contributed by atoms with Crippen molar-refractivity contribution in [3.8, 4) is 0 Å². The fraction of sp³-hybridized carbons (Fsp3) is 0.462. The van der Waals surface area contributed by atoms with Crippen molar-refractivity contribution in [3.63, 3.8) is 0 Å². The zero-order valence-electron chi connectivity index (χ0n) is 9.06. The first-order valence-corrected chi connectivity index (χ1v) is 6.39. The summed E-state index contributed by atoms with van der Waals surface area (Å²) in [5, 5.41) is 0. The van der Waals surface area contributed by atoms with Gasteiger partial charge < -0.3 is 9.53 Å². The second kappa shape index (κ2) is 5.60. The Labute approximate surface area is 104 Å². The standard InChI is InChI=1S/C13H15BrO2/c14-12-5-3-10(4-6-12)13(8-15)11-2-1-7-16-9-11/h3-6,8,11,13H,1-2,7,9H2. The number of hydrogen-bond donors (Lipinski definition) is 0. The summed E-state index contributed by atoms with van der Waals surface area (Å²) in [6.45, 7) is 1.54. The van der Waals surface area contributed by atoms with Gasteiger partial charge in [0.05, 0.1) is 6.61 Å². The molecule has 2 atom stereocenters. The molecule has 0 aliphatic carbocycles. The zero-order chi connectivity index (χ0) is 11.4. The molecule has 0 aromatic heterocycles. The summed E-state index contributed by atoms with van der Waals surface area (Å²) in [4.78, 5) is 11.2. The fourth-order valence-corrected chi connectivity index (χ4v) is 2.46. The molecule has 1 heterocycles. The number of carbonyl (C=O) groups excluding carboxylic acids is 1. The van der Waals surface area contributed by atoms with Crippen LogP contribution in [0.25, 0.3) is 0 Å². The number of ether oxygens (including phenoxy) is 1. The van der Waals surface area contributed by atoms with Crippen molar-refractivity contribution in [1.82, 2.24) is 0 Å². The average molecular weight is 283 g/mol. The highest BCUT2D eigenvalue weighted by Gasteiger charge is 2.25. The highest BCUT2D eigenvalue weighted by molar-refractivity contribution is 9.10. The van der Waals surface area contributed by atoms with Gasteiger partial charge in [-0.2, -0.15) is 0 Å². The first-order chi connectivity index (χ1) is 7.81. The van der Waals surface area contributed by atoms with Crippen molar-refractivity contribution >= 4 is 22.2 Å². The van der Waals surface area contributed by atoms with E-state index in [0.29, 0.717) is 12.5 Å². The predicted octanol–water partition coefficient (Wildman–Crippen LogP) is 3.16. The fourth-order valence-electron chi connectivity index (χ4n) is 2.20. The lowest BCUT2D eigenvalue weighted by Crippen LogP contribution is -2.24. The van der Waals surface area contributed by atoms with Gasteiger partial charge >= 0.3 is 0 Å². The van der Waals surface area contributed by atoms with Gasteiger partial charge in [-0.15, -0.1) is 0 Å². The summed E-state index contributed by atoms with van der Waals surface area (Å²) in [6.07, 6.45) is 3.20. The molecule has 1 aliphatic heterocycles. The Balaban J connectivity index is 2.14. The molecular formula is C13H15BrO2. The second-order valence-electron chi connectivity index (χ2n) is 4.19. The van der Waals surface area contributed by atoms with Crippen LogP contribution in [-0.4, -0.2) is 19.5 Å². The molecule has 0 spiro atoms. The molecular weight excluding hydrogens is 268 g/mol. The lowest BCUT2D eigenvalue weighted by atomic mass is 9.84. The summed E-state index contributed by atoms with van der Waals surface area (Å²) in [5.74, 6) is 0.320. The smallest absolute Gasteiger partial charge is 0.127 e. The molecule has 1 aliphatic rings. The van der Waals surface area contributed by atoms with Crippen molar-refractivity contribution in [2.45, 2.75) is 18.8 Å². The van der Waals surface area contributed by atoms with E-state index in [0.717, 1.165) is 35.8 Å². The van der Waals surface area contributed by atoms with Crippen LogP contribution < -0.4 is 0 Å². The van der Waals surface area contributed by atoms with Gasteiger partial charge in [0.15, 0.2) is 0 Å². The molecule has 1 saturated heterocycles. The first-order valence-electron chi connectivity index (χ1n) is 5.60. The van der Waals surface area contributed by atoms with E-state index in [2.05, 4.69) is 15.9 Å². The highest BCUT2D eigenvalue weighted by atomic mass is 79.9. The minimum Gasteiger partial charge on any atom is -0.381 e. The molecule has 0 amide bonds. The van der Waals surface area contributed by atoms with Crippen LogP contribution in [0.4, 0.5) is 0 Å². The van der Waals surface area contributed by atoms with E-state index in [1.54, 1.807) is 0 Å². The molecule has 1 aromatic rings. The number of benzene rings is 1. The van der Waals surface area contributed by atoms with Crippen molar-refractivity contribution in [1.29, 1.82) is 0 Å². The normalized spacial score (nSPS) is 22.7. The second-order valence-corrected chi connectivity index (χ2v) is 5.11. The maximum atomic E-state index is 11.2. The van der Waals surface area contributed by atoms with Gasteiger partial charge in [-0.05, 0) is 36.5 Å². The van der Waals surface area contributed by atoms with Gasteiger partial charge in [-0.3, -0.25) is 0 Å².